The van der Waals surface area contributed by atoms with E-state index in [1.165, 1.54) is 11.3 Å². The van der Waals surface area contributed by atoms with E-state index < -0.39 is 0 Å². The molecule has 0 aromatic heterocycles. The van der Waals surface area contributed by atoms with Crippen molar-refractivity contribution < 1.29 is 9.47 Å². The first-order chi connectivity index (χ1) is 13.7. The molecule has 0 bridgehead atoms. The third-order valence-electron chi connectivity index (χ3n) is 5.21. The summed E-state index contributed by atoms with van der Waals surface area (Å²) in [5.41, 5.74) is 2.58. The largest absolute Gasteiger partial charge is 0.385 e. The molecule has 1 aromatic carbocycles. The number of methoxy groups -OCH3 is 1. The maximum absolute atomic E-state index is 5.96. The predicted octanol–water partition coefficient (Wildman–Crippen LogP) is 3.53. The van der Waals surface area contributed by atoms with Gasteiger partial charge in [0.1, 0.15) is 0 Å². The molecule has 1 aliphatic heterocycles. The average molecular weight is 518 g/mol. The highest BCUT2D eigenvalue weighted by Gasteiger charge is 2.21. The van der Waals surface area contributed by atoms with Crippen LogP contribution in [0.5, 0.6) is 0 Å². The van der Waals surface area contributed by atoms with Crippen molar-refractivity contribution in [1.29, 1.82) is 0 Å². The number of likely N-dealkylation sites (N-methyl/N-ethyl adjacent to an activating group) is 1. The molecule has 1 fully saturated rings. The Labute approximate surface area is 194 Å². The molecule has 0 saturated carbocycles. The molecule has 166 valence electrons. The number of ether oxygens (including phenoxy) is 2. The van der Waals surface area contributed by atoms with Crippen LogP contribution < -0.4 is 10.2 Å². The lowest BCUT2D eigenvalue weighted by molar-refractivity contribution is 0.00992. The van der Waals surface area contributed by atoms with E-state index in [9.17, 15) is 0 Å². The van der Waals surface area contributed by atoms with Crippen LogP contribution in [0.15, 0.2) is 29.3 Å². The van der Waals surface area contributed by atoms with Gasteiger partial charge in [0.05, 0.1) is 6.10 Å². The zero-order chi connectivity index (χ0) is 20.2. The third kappa shape index (κ3) is 9.09. The van der Waals surface area contributed by atoms with Crippen LogP contribution in [0.1, 0.15) is 31.7 Å². The molecule has 7 heteroatoms. The molecule has 1 aliphatic rings. The van der Waals surface area contributed by atoms with Gasteiger partial charge in [-0.15, -0.1) is 24.0 Å². The molecular formula is C22H39IN4O2. The Hall–Kier alpha value is -1.06. The van der Waals surface area contributed by atoms with Crippen molar-refractivity contribution in [2.24, 2.45) is 4.99 Å². The SMILES string of the molecule is CCN(CCNC(=NC)N1CCC(OCCCOC)CC1)c1cccc(C)c1.I. The zero-order valence-corrected chi connectivity index (χ0v) is 20.9. The molecule has 1 heterocycles. The minimum absolute atomic E-state index is 0. The number of hydrogen-bond acceptors (Lipinski definition) is 4. The Balaban J connectivity index is 0.00000420. The average Bonchev–Trinajstić information content (AvgIpc) is 2.72. The van der Waals surface area contributed by atoms with Crippen molar-refractivity contribution in [2.75, 3.05) is 65.0 Å². The summed E-state index contributed by atoms with van der Waals surface area (Å²) < 4.78 is 11.0. The summed E-state index contributed by atoms with van der Waals surface area (Å²) in [6.07, 6.45) is 3.44. The standard InChI is InChI=1S/C22H38N4O2.HI/c1-5-25(20-9-6-8-19(2)18-20)15-12-24-22(23-3)26-13-10-21(11-14-26)28-17-7-16-27-4;/h6,8-9,18,21H,5,7,10-17H2,1-4H3,(H,23,24);1H. The maximum atomic E-state index is 5.96. The maximum Gasteiger partial charge on any atom is 0.193 e. The van der Waals surface area contributed by atoms with Crippen molar-refractivity contribution >= 4 is 35.6 Å². The highest BCUT2D eigenvalue weighted by atomic mass is 127. The number of aliphatic imine (C=N–C) groups is 1. The summed E-state index contributed by atoms with van der Waals surface area (Å²) >= 11 is 0. The Morgan fingerprint density at radius 1 is 1.28 bits per heavy atom. The van der Waals surface area contributed by atoms with E-state index in [1.54, 1.807) is 7.11 Å². The van der Waals surface area contributed by atoms with Crippen LogP contribution in [0.4, 0.5) is 5.69 Å². The summed E-state index contributed by atoms with van der Waals surface area (Å²) in [6.45, 7) is 10.7. The fourth-order valence-electron chi connectivity index (χ4n) is 3.62. The fourth-order valence-corrected chi connectivity index (χ4v) is 3.62. The molecule has 1 saturated heterocycles. The first-order valence-electron chi connectivity index (χ1n) is 10.6. The second-order valence-electron chi connectivity index (χ2n) is 7.30. The molecule has 0 aliphatic carbocycles. The van der Waals surface area contributed by atoms with Crippen molar-refractivity contribution in [3.05, 3.63) is 29.8 Å². The summed E-state index contributed by atoms with van der Waals surface area (Å²) in [5.74, 6) is 0.998. The van der Waals surface area contributed by atoms with E-state index in [0.29, 0.717) is 6.10 Å². The van der Waals surface area contributed by atoms with Gasteiger partial charge in [-0.25, -0.2) is 0 Å². The molecule has 0 spiro atoms. The summed E-state index contributed by atoms with van der Waals surface area (Å²) in [4.78, 5) is 9.23. The molecule has 6 nitrogen and oxygen atoms in total. The van der Waals surface area contributed by atoms with Gasteiger partial charge in [-0.3, -0.25) is 4.99 Å². The van der Waals surface area contributed by atoms with E-state index in [-0.39, 0.29) is 24.0 Å². The van der Waals surface area contributed by atoms with Crippen LogP contribution in [0, 0.1) is 6.92 Å². The van der Waals surface area contributed by atoms with E-state index in [4.69, 9.17) is 9.47 Å². The minimum Gasteiger partial charge on any atom is -0.385 e. The molecule has 29 heavy (non-hydrogen) atoms. The lowest BCUT2D eigenvalue weighted by Crippen LogP contribution is -2.48. The third-order valence-corrected chi connectivity index (χ3v) is 5.21. The normalized spacial score (nSPS) is 15.2. The van der Waals surface area contributed by atoms with Gasteiger partial charge in [-0.1, -0.05) is 12.1 Å². The smallest absolute Gasteiger partial charge is 0.193 e. The highest BCUT2D eigenvalue weighted by Crippen LogP contribution is 2.16. The number of likely N-dealkylation sites (tertiary alicyclic amines) is 1. The number of anilines is 1. The first kappa shape index (κ1) is 26.0. The Morgan fingerprint density at radius 2 is 2.03 bits per heavy atom. The monoisotopic (exact) mass is 518 g/mol. The van der Waals surface area contributed by atoms with Crippen LogP contribution in [-0.2, 0) is 9.47 Å². The van der Waals surface area contributed by atoms with Gasteiger partial charge in [0, 0.05) is 65.8 Å². The number of benzene rings is 1. The predicted molar refractivity (Wildman–Crippen MR) is 133 cm³/mol. The second kappa shape index (κ2) is 14.8. The van der Waals surface area contributed by atoms with E-state index >= 15 is 0 Å². The molecule has 1 N–H and O–H groups in total. The Bertz CT molecular complexity index is 592. The van der Waals surface area contributed by atoms with Crippen molar-refractivity contribution in [3.63, 3.8) is 0 Å². The van der Waals surface area contributed by atoms with Gasteiger partial charge >= 0.3 is 0 Å². The second-order valence-corrected chi connectivity index (χ2v) is 7.30. The van der Waals surface area contributed by atoms with Crippen molar-refractivity contribution in [2.45, 2.75) is 39.2 Å². The number of rotatable bonds is 10. The van der Waals surface area contributed by atoms with Gasteiger partial charge in [0.2, 0.25) is 0 Å². The van der Waals surface area contributed by atoms with Gasteiger partial charge in [-0.2, -0.15) is 0 Å². The molecular weight excluding hydrogens is 479 g/mol. The number of halogens is 1. The van der Waals surface area contributed by atoms with E-state index in [1.807, 2.05) is 7.05 Å². The van der Waals surface area contributed by atoms with Crippen molar-refractivity contribution in [1.82, 2.24) is 10.2 Å². The number of piperidine rings is 1. The number of aryl methyl sites for hydroxylation is 1. The van der Waals surface area contributed by atoms with Gasteiger partial charge in [0.25, 0.3) is 0 Å². The quantitative estimate of drug-likeness (QED) is 0.222. The Kier molecular flexibility index (Phi) is 13.3. The van der Waals surface area contributed by atoms with Crippen LogP contribution in [0.3, 0.4) is 0 Å². The summed E-state index contributed by atoms with van der Waals surface area (Å²) in [5, 5.41) is 3.54. The minimum atomic E-state index is 0. The van der Waals surface area contributed by atoms with Gasteiger partial charge in [-0.05, 0) is 50.8 Å². The van der Waals surface area contributed by atoms with E-state index in [2.05, 4.69) is 58.2 Å². The van der Waals surface area contributed by atoms with Crippen LogP contribution in [0.25, 0.3) is 0 Å². The molecule has 0 unspecified atom stereocenters. The zero-order valence-electron chi connectivity index (χ0n) is 18.5. The highest BCUT2D eigenvalue weighted by molar-refractivity contribution is 14.0. The lowest BCUT2D eigenvalue weighted by atomic mass is 10.1. The number of guanidine groups is 1. The summed E-state index contributed by atoms with van der Waals surface area (Å²) in [7, 11) is 3.60. The molecule has 0 radical (unpaired) electrons. The lowest BCUT2D eigenvalue weighted by Gasteiger charge is -2.34. The topological polar surface area (TPSA) is 49.3 Å². The number of nitrogens with zero attached hydrogens (tertiary/aromatic N) is 3. The van der Waals surface area contributed by atoms with Crippen LogP contribution in [-0.4, -0.2) is 77.1 Å². The first-order valence-corrected chi connectivity index (χ1v) is 10.6. The van der Waals surface area contributed by atoms with Crippen LogP contribution >= 0.6 is 24.0 Å². The molecule has 0 atom stereocenters. The Morgan fingerprint density at radius 3 is 2.66 bits per heavy atom. The molecule has 2 rings (SSSR count). The molecule has 1 aromatic rings. The fraction of sp³-hybridized carbons (Fsp3) is 0.682. The molecule has 0 amide bonds. The van der Waals surface area contributed by atoms with Gasteiger partial charge in [0.15, 0.2) is 5.96 Å². The van der Waals surface area contributed by atoms with E-state index in [0.717, 1.165) is 71.2 Å². The van der Waals surface area contributed by atoms with Gasteiger partial charge < -0.3 is 24.6 Å². The summed E-state index contributed by atoms with van der Waals surface area (Å²) in [6, 6.07) is 8.70. The van der Waals surface area contributed by atoms with Crippen molar-refractivity contribution in [3.8, 4) is 0 Å². The number of hydrogen-bond donors (Lipinski definition) is 1. The van der Waals surface area contributed by atoms with Crippen LogP contribution in [0.2, 0.25) is 0 Å². The number of nitrogens with one attached hydrogen (secondary N) is 1.